The summed E-state index contributed by atoms with van der Waals surface area (Å²) in [5.74, 6) is 0.249. The summed E-state index contributed by atoms with van der Waals surface area (Å²) in [6.07, 6.45) is 4.70. The van der Waals surface area contributed by atoms with Gasteiger partial charge >= 0.3 is 6.09 Å². The fourth-order valence-electron chi connectivity index (χ4n) is 2.58. The SMILES string of the molecule is C/C=C(\C)C(O)(CCC(NC(=O)OC(C)(C)C)C(C)C)/C(C)=C/C. The Morgan fingerprint density at radius 2 is 1.58 bits per heavy atom. The zero-order valence-electron chi connectivity index (χ0n) is 17.0. The molecule has 0 aliphatic carbocycles. The Hall–Kier alpha value is -1.29. The number of aliphatic hydroxyl groups is 1. The average molecular weight is 340 g/mol. The molecule has 0 aliphatic rings. The Morgan fingerprint density at radius 3 is 1.92 bits per heavy atom. The molecule has 24 heavy (non-hydrogen) atoms. The zero-order chi connectivity index (χ0) is 19.1. The number of amides is 1. The van der Waals surface area contributed by atoms with Crippen molar-refractivity contribution < 1.29 is 14.6 Å². The highest BCUT2D eigenvalue weighted by molar-refractivity contribution is 5.68. The molecule has 0 aliphatic heterocycles. The number of nitrogens with one attached hydrogen (secondary N) is 1. The van der Waals surface area contributed by atoms with Crippen molar-refractivity contribution in [3.63, 3.8) is 0 Å². The molecule has 0 aromatic rings. The molecule has 0 radical (unpaired) electrons. The average Bonchev–Trinajstić information content (AvgIpc) is 2.46. The van der Waals surface area contributed by atoms with Gasteiger partial charge in [0.1, 0.15) is 11.2 Å². The minimum Gasteiger partial charge on any atom is -0.444 e. The second-order valence-corrected chi connectivity index (χ2v) is 7.84. The molecule has 1 amide bonds. The lowest BCUT2D eigenvalue weighted by Crippen LogP contribution is -2.43. The molecule has 0 rings (SSSR count). The van der Waals surface area contributed by atoms with E-state index in [0.29, 0.717) is 12.8 Å². The quantitative estimate of drug-likeness (QED) is 0.643. The minimum atomic E-state index is -0.966. The minimum absolute atomic E-state index is 0.0549. The van der Waals surface area contributed by atoms with Crippen LogP contribution in [-0.2, 0) is 4.74 Å². The zero-order valence-corrected chi connectivity index (χ0v) is 17.0. The van der Waals surface area contributed by atoms with E-state index in [4.69, 9.17) is 4.74 Å². The van der Waals surface area contributed by atoms with Gasteiger partial charge in [0, 0.05) is 6.04 Å². The lowest BCUT2D eigenvalue weighted by Gasteiger charge is -2.33. The van der Waals surface area contributed by atoms with Crippen LogP contribution in [0.4, 0.5) is 4.79 Å². The van der Waals surface area contributed by atoms with Crippen LogP contribution in [0.15, 0.2) is 23.3 Å². The molecule has 0 aromatic carbocycles. The van der Waals surface area contributed by atoms with Crippen LogP contribution in [0, 0.1) is 5.92 Å². The first-order valence-corrected chi connectivity index (χ1v) is 8.86. The van der Waals surface area contributed by atoms with Crippen molar-refractivity contribution in [2.45, 2.75) is 92.4 Å². The first-order chi connectivity index (χ1) is 10.9. The molecule has 0 bridgehead atoms. The van der Waals surface area contributed by atoms with Crippen LogP contribution in [-0.4, -0.2) is 28.4 Å². The molecule has 0 saturated heterocycles. The number of hydrogen-bond acceptors (Lipinski definition) is 3. The van der Waals surface area contributed by atoms with Gasteiger partial charge in [-0.3, -0.25) is 0 Å². The highest BCUT2D eigenvalue weighted by atomic mass is 16.6. The van der Waals surface area contributed by atoms with E-state index in [1.165, 1.54) is 0 Å². The molecular weight excluding hydrogens is 302 g/mol. The van der Waals surface area contributed by atoms with Crippen molar-refractivity contribution in [3.05, 3.63) is 23.3 Å². The van der Waals surface area contributed by atoms with Gasteiger partial charge in [-0.05, 0) is 78.4 Å². The maximum atomic E-state index is 12.1. The molecule has 4 heteroatoms. The largest absolute Gasteiger partial charge is 0.444 e. The van der Waals surface area contributed by atoms with Crippen LogP contribution < -0.4 is 5.32 Å². The van der Waals surface area contributed by atoms with Crippen LogP contribution in [0.3, 0.4) is 0 Å². The highest BCUT2D eigenvalue weighted by Gasteiger charge is 2.32. The number of rotatable bonds is 7. The van der Waals surface area contributed by atoms with Crippen molar-refractivity contribution in [2.24, 2.45) is 5.92 Å². The third-order valence-electron chi connectivity index (χ3n) is 4.49. The molecule has 0 fully saturated rings. The van der Waals surface area contributed by atoms with E-state index < -0.39 is 17.3 Å². The van der Waals surface area contributed by atoms with Gasteiger partial charge in [0.05, 0.1) is 0 Å². The summed E-state index contributed by atoms with van der Waals surface area (Å²) < 4.78 is 5.35. The van der Waals surface area contributed by atoms with Crippen LogP contribution in [0.25, 0.3) is 0 Å². The van der Waals surface area contributed by atoms with E-state index >= 15 is 0 Å². The normalized spacial score (nSPS) is 17.5. The van der Waals surface area contributed by atoms with Gasteiger partial charge in [0.15, 0.2) is 0 Å². The van der Waals surface area contributed by atoms with Gasteiger partial charge < -0.3 is 15.2 Å². The molecule has 0 heterocycles. The Morgan fingerprint density at radius 1 is 1.12 bits per heavy atom. The van der Waals surface area contributed by atoms with Gasteiger partial charge in [-0.25, -0.2) is 4.79 Å². The lowest BCUT2D eigenvalue weighted by molar-refractivity contribution is 0.0466. The maximum Gasteiger partial charge on any atom is 0.407 e. The third kappa shape index (κ3) is 7.08. The summed E-state index contributed by atoms with van der Waals surface area (Å²) in [6.45, 7) is 17.4. The standard InChI is InChI=1S/C20H37NO3/c1-10-15(5)20(23,16(6)11-2)13-12-17(14(3)4)21-18(22)24-19(7,8)9/h10-11,14,17,23H,12-13H2,1-9H3,(H,21,22)/b15-10+,16-11+. The van der Waals surface area contributed by atoms with Crippen LogP contribution in [0.1, 0.15) is 75.2 Å². The van der Waals surface area contributed by atoms with Crippen LogP contribution in [0.5, 0.6) is 0 Å². The third-order valence-corrected chi connectivity index (χ3v) is 4.49. The summed E-state index contributed by atoms with van der Waals surface area (Å²) in [4.78, 5) is 12.1. The second kappa shape index (κ2) is 9.26. The molecule has 0 saturated carbocycles. The monoisotopic (exact) mass is 339 g/mol. The molecule has 4 nitrogen and oxygen atoms in total. The van der Waals surface area contributed by atoms with Gasteiger partial charge in [0.2, 0.25) is 0 Å². The van der Waals surface area contributed by atoms with Crippen molar-refractivity contribution in [3.8, 4) is 0 Å². The maximum absolute atomic E-state index is 12.1. The first-order valence-electron chi connectivity index (χ1n) is 8.86. The van der Waals surface area contributed by atoms with Crippen molar-refractivity contribution in [1.82, 2.24) is 5.32 Å². The fraction of sp³-hybridized carbons (Fsp3) is 0.750. The number of hydrogen-bond donors (Lipinski definition) is 2. The summed E-state index contributed by atoms with van der Waals surface area (Å²) >= 11 is 0. The number of carbonyl (C=O) groups excluding carboxylic acids is 1. The van der Waals surface area contributed by atoms with E-state index in [-0.39, 0.29) is 12.0 Å². The van der Waals surface area contributed by atoms with E-state index in [9.17, 15) is 9.90 Å². The lowest BCUT2D eigenvalue weighted by atomic mass is 9.81. The Kier molecular flexibility index (Phi) is 8.76. The van der Waals surface area contributed by atoms with E-state index in [1.807, 2.05) is 60.6 Å². The fourth-order valence-corrected chi connectivity index (χ4v) is 2.58. The number of alkyl carbamates (subject to hydrolysis) is 1. The van der Waals surface area contributed by atoms with Gasteiger partial charge in [-0.2, -0.15) is 0 Å². The van der Waals surface area contributed by atoms with Crippen molar-refractivity contribution in [1.29, 1.82) is 0 Å². The molecule has 2 N–H and O–H groups in total. The van der Waals surface area contributed by atoms with Gasteiger partial charge in [0.25, 0.3) is 0 Å². The van der Waals surface area contributed by atoms with Gasteiger partial charge in [-0.1, -0.05) is 26.0 Å². The predicted octanol–water partition coefficient (Wildman–Crippen LogP) is 4.98. The van der Waals surface area contributed by atoms with E-state index in [2.05, 4.69) is 19.2 Å². The first kappa shape index (κ1) is 22.7. The smallest absolute Gasteiger partial charge is 0.407 e. The highest BCUT2D eigenvalue weighted by Crippen LogP contribution is 2.31. The second-order valence-electron chi connectivity index (χ2n) is 7.84. The topological polar surface area (TPSA) is 58.6 Å². The molecule has 1 atom stereocenters. The van der Waals surface area contributed by atoms with E-state index in [0.717, 1.165) is 11.1 Å². The molecule has 0 aromatic heterocycles. The van der Waals surface area contributed by atoms with E-state index in [1.54, 1.807) is 0 Å². The number of allylic oxidation sites excluding steroid dienone is 2. The van der Waals surface area contributed by atoms with Crippen LogP contribution in [0.2, 0.25) is 0 Å². The number of carbonyl (C=O) groups is 1. The predicted molar refractivity (Wildman–Crippen MR) is 101 cm³/mol. The molecule has 140 valence electrons. The summed E-state index contributed by atoms with van der Waals surface area (Å²) in [7, 11) is 0. The Bertz CT molecular complexity index is 452. The summed E-state index contributed by atoms with van der Waals surface area (Å²) in [6, 6.07) is -0.0549. The summed E-state index contributed by atoms with van der Waals surface area (Å²) in [5.41, 5.74) is 0.373. The van der Waals surface area contributed by atoms with Crippen molar-refractivity contribution >= 4 is 6.09 Å². The molecule has 1 unspecified atom stereocenters. The number of ether oxygens (including phenoxy) is 1. The Balaban J connectivity index is 5.10. The van der Waals surface area contributed by atoms with Gasteiger partial charge in [-0.15, -0.1) is 0 Å². The molecule has 0 spiro atoms. The van der Waals surface area contributed by atoms with Crippen LogP contribution >= 0.6 is 0 Å². The van der Waals surface area contributed by atoms with Crippen molar-refractivity contribution in [2.75, 3.05) is 0 Å². The molecular formula is C20H37NO3. The summed E-state index contributed by atoms with van der Waals surface area (Å²) in [5, 5.41) is 14.1. The Labute approximate surface area is 148 Å².